The van der Waals surface area contributed by atoms with Crippen LogP contribution in [0.4, 0.5) is 0 Å². The van der Waals surface area contributed by atoms with E-state index in [1.807, 2.05) is 31.2 Å². The molecule has 1 aliphatic rings. The third-order valence-corrected chi connectivity index (χ3v) is 4.89. The van der Waals surface area contributed by atoms with Crippen molar-refractivity contribution in [3.63, 3.8) is 0 Å². The minimum Gasteiger partial charge on any atom is -0.478 e. The second kappa shape index (κ2) is 8.55. The van der Waals surface area contributed by atoms with E-state index in [1.54, 1.807) is 6.33 Å². The highest BCUT2D eigenvalue weighted by Gasteiger charge is 2.31. The molecule has 8 heteroatoms. The van der Waals surface area contributed by atoms with Crippen LogP contribution in [0, 0.1) is 12.8 Å². The number of para-hydroxylation sites is 1. The summed E-state index contributed by atoms with van der Waals surface area (Å²) in [7, 11) is 0. The van der Waals surface area contributed by atoms with Crippen LogP contribution in [-0.4, -0.2) is 42.9 Å². The molecular weight excluding hydrogens is 374 g/mol. The topological polar surface area (TPSA) is 136 Å². The zero-order valence-corrected chi connectivity index (χ0v) is 15.8. The summed E-state index contributed by atoms with van der Waals surface area (Å²) < 4.78 is 0. The summed E-state index contributed by atoms with van der Waals surface area (Å²) in [5.41, 5.74) is 5.13. The van der Waals surface area contributed by atoms with Crippen LogP contribution in [0.1, 0.15) is 33.9 Å². The third kappa shape index (κ3) is 4.60. The number of benzene rings is 1. The molecule has 29 heavy (non-hydrogen) atoms. The minimum atomic E-state index is -1.26. The molecular formula is C21H21N3O5. The largest absolute Gasteiger partial charge is 0.478 e. The monoisotopic (exact) mass is 395 g/mol. The van der Waals surface area contributed by atoms with E-state index in [2.05, 4.69) is 15.0 Å². The summed E-state index contributed by atoms with van der Waals surface area (Å²) in [6.45, 7) is 2.01. The number of fused-ring (bicyclic) bond motifs is 3. The number of carbonyl (C=O) groups excluding carboxylic acids is 1. The van der Waals surface area contributed by atoms with Crippen LogP contribution >= 0.6 is 0 Å². The van der Waals surface area contributed by atoms with Gasteiger partial charge >= 0.3 is 11.9 Å². The number of nitrogens with one attached hydrogen (secondary N) is 2. The lowest BCUT2D eigenvalue weighted by molar-refractivity contribution is -0.134. The van der Waals surface area contributed by atoms with Gasteiger partial charge in [-0.25, -0.2) is 14.6 Å². The molecule has 0 fully saturated rings. The van der Waals surface area contributed by atoms with Crippen molar-refractivity contribution in [1.29, 1.82) is 0 Å². The number of aromatic amines is 2. The second-order valence-corrected chi connectivity index (χ2v) is 6.81. The van der Waals surface area contributed by atoms with Crippen LogP contribution in [0.25, 0.3) is 10.9 Å². The van der Waals surface area contributed by atoms with Gasteiger partial charge in [-0.3, -0.25) is 4.79 Å². The molecule has 0 saturated heterocycles. The number of hydrogen-bond donors (Lipinski definition) is 4. The highest BCUT2D eigenvalue weighted by molar-refractivity contribution is 6.11. The molecule has 0 aliphatic heterocycles. The van der Waals surface area contributed by atoms with Gasteiger partial charge in [-0.15, -0.1) is 0 Å². The lowest BCUT2D eigenvalue weighted by atomic mass is 9.82. The molecule has 2 aromatic heterocycles. The molecule has 0 radical (unpaired) electrons. The fraction of sp³-hybridized carbons (Fsp3) is 0.238. The molecule has 0 spiro atoms. The number of ketones is 1. The molecule has 0 saturated carbocycles. The van der Waals surface area contributed by atoms with Crippen LogP contribution in [0.5, 0.6) is 0 Å². The molecule has 8 nitrogen and oxygen atoms in total. The van der Waals surface area contributed by atoms with E-state index in [0.717, 1.165) is 52.8 Å². The van der Waals surface area contributed by atoms with Crippen LogP contribution < -0.4 is 0 Å². The number of aryl methyl sites for hydroxylation is 2. The molecule has 0 bridgehead atoms. The van der Waals surface area contributed by atoms with E-state index >= 15 is 0 Å². The predicted molar refractivity (Wildman–Crippen MR) is 106 cm³/mol. The van der Waals surface area contributed by atoms with Crippen LogP contribution in [0.2, 0.25) is 0 Å². The zero-order valence-electron chi connectivity index (χ0n) is 15.8. The molecule has 1 atom stereocenters. The summed E-state index contributed by atoms with van der Waals surface area (Å²) >= 11 is 0. The Kier molecular flexibility index (Phi) is 5.92. The average molecular weight is 395 g/mol. The Morgan fingerprint density at radius 2 is 1.90 bits per heavy atom. The maximum Gasteiger partial charge on any atom is 0.328 e. The predicted octanol–water partition coefficient (Wildman–Crippen LogP) is 2.90. The average Bonchev–Trinajstić information content (AvgIpc) is 3.26. The highest BCUT2D eigenvalue weighted by Crippen LogP contribution is 2.33. The van der Waals surface area contributed by atoms with E-state index < -0.39 is 11.9 Å². The van der Waals surface area contributed by atoms with E-state index in [9.17, 15) is 14.4 Å². The van der Waals surface area contributed by atoms with Gasteiger partial charge in [0.25, 0.3) is 0 Å². The minimum absolute atomic E-state index is 0.0405. The van der Waals surface area contributed by atoms with Gasteiger partial charge in [0.15, 0.2) is 5.78 Å². The number of rotatable bonds is 4. The van der Waals surface area contributed by atoms with Crippen LogP contribution in [0.3, 0.4) is 0 Å². The standard InChI is InChI=1S/C17H17N3O.C4H4O4/c1-10-15(19-9-18-10)8-11-6-7-14-16(17(11)21)12-4-2-3-5-13(12)20-14;5-3(6)1-2-4(7)8/h2-5,9,11,20H,6-8H2,1H3,(H,18,19);1-2H,(H,5,6)(H,7,8). The van der Waals surface area contributed by atoms with Gasteiger partial charge in [-0.1, -0.05) is 18.2 Å². The third-order valence-electron chi connectivity index (χ3n) is 4.89. The van der Waals surface area contributed by atoms with Gasteiger partial charge in [0.05, 0.1) is 12.0 Å². The molecule has 1 unspecified atom stereocenters. The first-order chi connectivity index (χ1) is 13.9. The normalized spacial score (nSPS) is 15.8. The van der Waals surface area contributed by atoms with Crippen LogP contribution in [0.15, 0.2) is 42.7 Å². The first-order valence-corrected chi connectivity index (χ1v) is 9.13. The summed E-state index contributed by atoms with van der Waals surface area (Å²) in [6.07, 6.45) is 5.38. The van der Waals surface area contributed by atoms with E-state index in [-0.39, 0.29) is 11.7 Å². The first-order valence-electron chi connectivity index (χ1n) is 9.13. The SMILES string of the molecule is Cc1[nH]cnc1CC1CCc2[nH]c3ccccc3c2C1=O.O=C(O)C=CC(=O)O. The quantitative estimate of drug-likeness (QED) is 0.502. The molecule has 4 N–H and O–H groups in total. The van der Waals surface area contributed by atoms with Crippen molar-refractivity contribution >= 4 is 28.6 Å². The van der Waals surface area contributed by atoms with Crippen molar-refractivity contribution in [3.05, 3.63) is 65.4 Å². The van der Waals surface area contributed by atoms with E-state index in [0.29, 0.717) is 12.2 Å². The molecule has 1 aromatic carbocycles. The van der Waals surface area contributed by atoms with Crippen molar-refractivity contribution in [3.8, 4) is 0 Å². The van der Waals surface area contributed by atoms with Crippen molar-refractivity contribution in [2.45, 2.75) is 26.2 Å². The lowest BCUT2D eigenvalue weighted by Gasteiger charge is -2.20. The van der Waals surface area contributed by atoms with Crippen LogP contribution in [-0.2, 0) is 22.4 Å². The van der Waals surface area contributed by atoms with Gasteiger partial charge in [0.1, 0.15) is 0 Å². The van der Waals surface area contributed by atoms with Crippen molar-refractivity contribution in [1.82, 2.24) is 15.0 Å². The summed E-state index contributed by atoms with van der Waals surface area (Å²) in [5.74, 6) is -2.21. The second-order valence-electron chi connectivity index (χ2n) is 6.81. The van der Waals surface area contributed by atoms with Gasteiger partial charge in [-0.05, 0) is 25.8 Å². The Labute approximate surface area is 166 Å². The Balaban J connectivity index is 0.000000258. The van der Waals surface area contributed by atoms with Gasteiger partial charge in [-0.2, -0.15) is 0 Å². The molecule has 150 valence electrons. The number of aliphatic carboxylic acids is 2. The summed E-state index contributed by atoms with van der Waals surface area (Å²) in [6, 6.07) is 8.06. The fourth-order valence-corrected chi connectivity index (χ4v) is 3.48. The van der Waals surface area contributed by atoms with Crippen molar-refractivity contribution in [2.24, 2.45) is 5.92 Å². The van der Waals surface area contributed by atoms with Crippen molar-refractivity contribution in [2.75, 3.05) is 0 Å². The number of H-pyrrole nitrogens is 2. The van der Waals surface area contributed by atoms with Crippen molar-refractivity contribution < 1.29 is 24.6 Å². The maximum atomic E-state index is 12.9. The molecule has 4 rings (SSSR count). The maximum absolute atomic E-state index is 12.9. The number of carbonyl (C=O) groups is 3. The Hall–Kier alpha value is -3.68. The van der Waals surface area contributed by atoms with E-state index in [4.69, 9.17) is 10.2 Å². The number of hydrogen-bond acceptors (Lipinski definition) is 4. The molecule has 3 aromatic rings. The number of aromatic nitrogens is 3. The zero-order chi connectivity index (χ0) is 21.0. The molecule has 0 amide bonds. The Morgan fingerprint density at radius 3 is 2.52 bits per heavy atom. The number of imidazole rings is 1. The number of carboxylic acid groups (broad SMARTS) is 2. The molecule has 2 heterocycles. The lowest BCUT2D eigenvalue weighted by Crippen LogP contribution is -2.24. The fourth-order valence-electron chi connectivity index (χ4n) is 3.48. The molecule has 1 aliphatic carbocycles. The first kappa shape index (κ1) is 20.1. The Morgan fingerprint density at radius 1 is 1.21 bits per heavy atom. The Bertz CT molecular complexity index is 1080. The highest BCUT2D eigenvalue weighted by atomic mass is 16.4. The number of nitrogens with zero attached hydrogens (tertiary/aromatic N) is 1. The summed E-state index contributed by atoms with van der Waals surface area (Å²) in [5, 5.41) is 16.7. The number of carboxylic acids is 2. The van der Waals surface area contributed by atoms with Gasteiger partial charge in [0.2, 0.25) is 0 Å². The van der Waals surface area contributed by atoms with Gasteiger partial charge in [0, 0.05) is 52.3 Å². The van der Waals surface area contributed by atoms with Gasteiger partial charge < -0.3 is 20.2 Å². The summed E-state index contributed by atoms with van der Waals surface area (Å²) in [4.78, 5) is 42.8. The van der Waals surface area contributed by atoms with E-state index in [1.165, 1.54) is 0 Å². The number of Topliss-reactive ketones (excluding diaryl/α,β-unsaturated/α-hetero) is 1. The smallest absolute Gasteiger partial charge is 0.328 e.